The highest BCUT2D eigenvalue weighted by Crippen LogP contribution is 2.35. The van der Waals surface area contributed by atoms with Crippen molar-refractivity contribution >= 4 is 0 Å². The van der Waals surface area contributed by atoms with E-state index in [0.717, 1.165) is 33.4 Å². The predicted molar refractivity (Wildman–Crippen MR) is 89.0 cm³/mol. The van der Waals surface area contributed by atoms with Crippen LogP contribution in [0.15, 0.2) is 24.3 Å². The molecule has 118 valence electrons. The highest BCUT2D eigenvalue weighted by molar-refractivity contribution is 5.47. The largest absolute Gasteiger partial charge is 0.508 e. The molecule has 0 unspecified atom stereocenters. The smallest absolute Gasteiger partial charge is 0.116 e. The molecule has 2 rings (SSSR count). The molecule has 0 aliphatic heterocycles. The Morgan fingerprint density at radius 3 is 1.09 bits per heavy atom. The third-order valence-electron chi connectivity index (χ3n) is 4.21. The Kier molecular flexibility index (Phi) is 4.44. The van der Waals surface area contributed by atoms with E-state index in [4.69, 9.17) is 11.5 Å². The molecule has 0 fully saturated rings. The first-order valence-electron chi connectivity index (χ1n) is 7.33. The molecule has 0 aliphatic rings. The van der Waals surface area contributed by atoms with Gasteiger partial charge in [-0.05, 0) is 85.3 Å². The summed E-state index contributed by atoms with van der Waals surface area (Å²) in [7, 11) is 0. The summed E-state index contributed by atoms with van der Waals surface area (Å²) >= 11 is 0. The Morgan fingerprint density at radius 2 is 0.864 bits per heavy atom. The Balaban J connectivity index is 2.49. The van der Waals surface area contributed by atoms with Crippen LogP contribution >= 0.6 is 0 Å². The lowest BCUT2D eigenvalue weighted by atomic mass is 9.85. The summed E-state index contributed by atoms with van der Waals surface area (Å²) < 4.78 is 0. The lowest BCUT2D eigenvalue weighted by Crippen LogP contribution is -2.29. The van der Waals surface area contributed by atoms with Gasteiger partial charge in [-0.3, -0.25) is 0 Å². The Labute approximate surface area is 131 Å². The summed E-state index contributed by atoms with van der Waals surface area (Å²) in [4.78, 5) is 0. The molecule has 0 bridgehead atoms. The molecule has 2 atom stereocenters. The average Bonchev–Trinajstić information content (AvgIpc) is 2.35. The first kappa shape index (κ1) is 16.3. The number of hydrogen-bond donors (Lipinski definition) is 4. The number of phenolic OH excluding ortho intramolecular Hbond substituents is 2. The number of rotatable bonds is 3. The van der Waals surface area contributed by atoms with Crippen LogP contribution in [0.4, 0.5) is 0 Å². The molecule has 6 N–H and O–H groups in total. The van der Waals surface area contributed by atoms with Crippen LogP contribution in [0.25, 0.3) is 0 Å². The first-order chi connectivity index (χ1) is 10.2. The summed E-state index contributed by atoms with van der Waals surface area (Å²) in [5, 5.41) is 19.3. The highest BCUT2D eigenvalue weighted by atomic mass is 16.3. The van der Waals surface area contributed by atoms with E-state index in [-0.39, 0.29) is 23.6 Å². The second kappa shape index (κ2) is 5.99. The molecular weight excluding hydrogens is 276 g/mol. The third kappa shape index (κ3) is 2.93. The van der Waals surface area contributed by atoms with Gasteiger partial charge in [0.1, 0.15) is 11.5 Å². The topological polar surface area (TPSA) is 92.5 Å². The standard InChI is InChI=1S/C18H24N2O2/c1-9-5-13(21)6-10(2)15(9)17(19)18(20)16-11(3)7-14(22)8-12(16)4/h5-8,17-18,21-22H,19-20H2,1-4H3/t17-,18+. The number of nitrogens with two attached hydrogens (primary N) is 2. The van der Waals surface area contributed by atoms with Crippen molar-refractivity contribution in [2.24, 2.45) is 11.5 Å². The minimum atomic E-state index is -0.387. The Hall–Kier alpha value is -2.04. The molecule has 0 heterocycles. The van der Waals surface area contributed by atoms with Gasteiger partial charge in [-0.25, -0.2) is 0 Å². The van der Waals surface area contributed by atoms with Gasteiger partial charge in [0, 0.05) is 12.1 Å². The molecule has 0 aliphatic carbocycles. The second-order valence-corrected chi connectivity index (χ2v) is 6.04. The van der Waals surface area contributed by atoms with Crippen molar-refractivity contribution in [2.45, 2.75) is 39.8 Å². The molecule has 4 nitrogen and oxygen atoms in total. The predicted octanol–water partition coefficient (Wildman–Crippen LogP) is 3.03. The normalized spacial score (nSPS) is 13.9. The molecular formula is C18H24N2O2. The molecule has 0 radical (unpaired) electrons. The SMILES string of the molecule is Cc1cc(O)cc(C)c1[C@@H](N)[C@@H](N)c1c(C)cc(O)cc1C. The van der Waals surface area contributed by atoms with E-state index in [9.17, 15) is 10.2 Å². The van der Waals surface area contributed by atoms with Crippen molar-refractivity contribution in [1.29, 1.82) is 0 Å². The zero-order chi connectivity index (χ0) is 16.6. The van der Waals surface area contributed by atoms with Gasteiger partial charge in [0.15, 0.2) is 0 Å². The van der Waals surface area contributed by atoms with Crippen molar-refractivity contribution in [2.75, 3.05) is 0 Å². The Morgan fingerprint density at radius 1 is 0.636 bits per heavy atom. The third-order valence-corrected chi connectivity index (χ3v) is 4.21. The van der Waals surface area contributed by atoms with Gasteiger partial charge in [0.25, 0.3) is 0 Å². The van der Waals surface area contributed by atoms with Crippen molar-refractivity contribution in [1.82, 2.24) is 0 Å². The number of aryl methyl sites for hydroxylation is 4. The van der Waals surface area contributed by atoms with Crippen LogP contribution in [0.5, 0.6) is 11.5 Å². The van der Waals surface area contributed by atoms with Gasteiger partial charge in [0.05, 0.1) is 0 Å². The number of aromatic hydroxyl groups is 2. The maximum absolute atomic E-state index is 9.67. The molecule has 0 spiro atoms. The lowest BCUT2D eigenvalue weighted by Gasteiger charge is -2.27. The van der Waals surface area contributed by atoms with Gasteiger partial charge in [-0.1, -0.05) is 0 Å². The average molecular weight is 300 g/mol. The zero-order valence-electron chi connectivity index (χ0n) is 13.5. The minimum Gasteiger partial charge on any atom is -0.508 e. The van der Waals surface area contributed by atoms with Crippen LogP contribution < -0.4 is 11.5 Å². The van der Waals surface area contributed by atoms with Crippen LogP contribution in [0, 0.1) is 27.7 Å². The van der Waals surface area contributed by atoms with Gasteiger partial charge < -0.3 is 21.7 Å². The quantitative estimate of drug-likeness (QED) is 0.701. The fourth-order valence-corrected chi connectivity index (χ4v) is 3.31. The highest BCUT2D eigenvalue weighted by Gasteiger charge is 2.24. The molecule has 0 aromatic heterocycles. The van der Waals surface area contributed by atoms with Crippen molar-refractivity contribution < 1.29 is 10.2 Å². The maximum atomic E-state index is 9.67. The molecule has 0 saturated carbocycles. The summed E-state index contributed by atoms with van der Waals surface area (Å²) in [6, 6.07) is 6.03. The minimum absolute atomic E-state index is 0.233. The molecule has 22 heavy (non-hydrogen) atoms. The molecule has 0 amide bonds. The van der Waals surface area contributed by atoms with E-state index in [2.05, 4.69) is 0 Å². The number of hydrogen-bond acceptors (Lipinski definition) is 4. The van der Waals surface area contributed by atoms with Crippen LogP contribution in [-0.2, 0) is 0 Å². The fraction of sp³-hybridized carbons (Fsp3) is 0.333. The first-order valence-corrected chi connectivity index (χ1v) is 7.33. The van der Waals surface area contributed by atoms with Gasteiger partial charge in [0.2, 0.25) is 0 Å². The van der Waals surface area contributed by atoms with Gasteiger partial charge in [-0.2, -0.15) is 0 Å². The molecule has 4 heteroatoms. The zero-order valence-corrected chi connectivity index (χ0v) is 13.5. The van der Waals surface area contributed by atoms with E-state index in [0.29, 0.717) is 0 Å². The van der Waals surface area contributed by atoms with E-state index in [1.807, 2.05) is 27.7 Å². The van der Waals surface area contributed by atoms with E-state index < -0.39 is 0 Å². The molecule has 2 aromatic rings. The van der Waals surface area contributed by atoms with E-state index in [1.165, 1.54) is 0 Å². The number of phenols is 2. The lowest BCUT2D eigenvalue weighted by molar-refractivity contribution is 0.470. The van der Waals surface area contributed by atoms with Crippen molar-refractivity contribution in [3.8, 4) is 11.5 Å². The number of benzene rings is 2. The van der Waals surface area contributed by atoms with Crippen LogP contribution in [0.3, 0.4) is 0 Å². The summed E-state index contributed by atoms with van der Waals surface area (Å²) in [6.07, 6.45) is 0. The van der Waals surface area contributed by atoms with Crippen molar-refractivity contribution in [3.05, 3.63) is 57.6 Å². The maximum Gasteiger partial charge on any atom is 0.116 e. The summed E-state index contributed by atoms with van der Waals surface area (Å²) in [6.45, 7) is 7.69. The van der Waals surface area contributed by atoms with Crippen LogP contribution in [0.1, 0.15) is 45.5 Å². The van der Waals surface area contributed by atoms with Gasteiger partial charge in [-0.15, -0.1) is 0 Å². The fourth-order valence-electron chi connectivity index (χ4n) is 3.31. The molecule has 2 aromatic carbocycles. The van der Waals surface area contributed by atoms with E-state index >= 15 is 0 Å². The molecule has 0 saturated heterocycles. The van der Waals surface area contributed by atoms with Crippen LogP contribution in [-0.4, -0.2) is 10.2 Å². The summed E-state index contributed by atoms with van der Waals surface area (Å²) in [5.41, 5.74) is 18.5. The van der Waals surface area contributed by atoms with E-state index in [1.54, 1.807) is 24.3 Å². The van der Waals surface area contributed by atoms with Crippen molar-refractivity contribution in [3.63, 3.8) is 0 Å². The monoisotopic (exact) mass is 300 g/mol. The summed E-state index contributed by atoms with van der Waals surface area (Å²) in [5.74, 6) is 0.466. The second-order valence-electron chi connectivity index (χ2n) is 6.04. The Bertz CT molecular complexity index is 603. The van der Waals surface area contributed by atoms with Crippen LogP contribution in [0.2, 0.25) is 0 Å². The van der Waals surface area contributed by atoms with Gasteiger partial charge >= 0.3 is 0 Å².